The van der Waals surface area contributed by atoms with Crippen LogP contribution in [0.3, 0.4) is 0 Å². The molecule has 2 aromatic carbocycles. The Kier molecular flexibility index (Phi) is 18.0. The van der Waals surface area contributed by atoms with E-state index in [0.717, 1.165) is 12.8 Å². The Labute approximate surface area is 389 Å². The van der Waals surface area contributed by atoms with Gasteiger partial charge in [0.2, 0.25) is 23.6 Å². The zero-order valence-electron chi connectivity index (χ0n) is 38.5. The molecule has 0 aliphatic carbocycles. The predicted molar refractivity (Wildman–Crippen MR) is 241 cm³/mol. The first-order chi connectivity index (χ1) is 32.5. The Morgan fingerprint density at radius 1 is 0.672 bits per heavy atom. The highest BCUT2D eigenvalue weighted by Gasteiger charge is 2.40. The van der Waals surface area contributed by atoms with Gasteiger partial charge >= 0.3 is 12.0 Å². The number of rotatable bonds is 21. The second-order valence-electron chi connectivity index (χ2n) is 16.1. The lowest BCUT2D eigenvalue weighted by atomic mass is 10.1. The van der Waals surface area contributed by atoms with E-state index in [4.69, 9.17) is 18.9 Å². The number of aromatic nitrogens is 8. The molecule has 2 aromatic heterocycles. The van der Waals surface area contributed by atoms with Crippen LogP contribution in [0.25, 0.3) is 0 Å². The lowest BCUT2D eigenvalue weighted by Gasteiger charge is -2.32. The third kappa shape index (κ3) is 13.5. The first-order valence-corrected chi connectivity index (χ1v) is 22.3. The third-order valence-corrected chi connectivity index (χ3v) is 11.6. The monoisotopic (exact) mass is 922 g/mol. The lowest BCUT2D eigenvalue weighted by molar-refractivity contribution is -0.141. The molecule has 2 fully saturated rings. The topological polar surface area (TPSA) is 247 Å². The number of hydrogen-bond donors (Lipinski definition) is 4. The molecule has 22 heteroatoms. The van der Waals surface area contributed by atoms with Crippen molar-refractivity contribution >= 4 is 23.6 Å². The molecule has 4 heterocycles. The average Bonchev–Trinajstić information content (AvgIpc) is 4.19. The van der Waals surface area contributed by atoms with Crippen molar-refractivity contribution in [2.24, 2.45) is 0 Å². The van der Waals surface area contributed by atoms with Gasteiger partial charge in [0, 0.05) is 19.0 Å². The van der Waals surface area contributed by atoms with Crippen LogP contribution in [0.15, 0.2) is 60.7 Å². The van der Waals surface area contributed by atoms with Crippen molar-refractivity contribution in [1.29, 1.82) is 0 Å². The molecule has 22 nitrogen and oxygen atoms in total. The molecular formula is C45H58N14O8. The number of carbonyl (C=O) groups is 4. The second-order valence-corrected chi connectivity index (χ2v) is 16.1. The number of ether oxygens (including phenoxy) is 4. The van der Waals surface area contributed by atoms with Gasteiger partial charge in [-0.05, 0) is 119 Å². The van der Waals surface area contributed by atoms with Crippen molar-refractivity contribution in [2.75, 3.05) is 33.8 Å². The number of para-hydroxylation sites is 2. The summed E-state index contributed by atoms with van der Waals surface area (Å²) < 4.78 is 26.6. The van der Waals surface area contributed by atoms with Gasteiger partial charge in [-0.3, -0.25) is 19.2 Å². The van der Waals surface area contributed by atoms with Gasteiger partial charge in [-0.1, -0.05) is 52.5 Å². The summed E-state index contributed by atoms with van der Waals surface area (Å²) in [7, 11) is 3.30. The number of likely N-dealkylation sites (N-methyl/N-ethyl adjacent to an activating group) is 2. The number of tetrazole rings is 2. The minimum absolute atomic E-state index is 0.129. The van der Waals surface area contributed by atoms with Crippen LogP contribution in [0.2, 0.25) is 0 Å². The van der Waals surface area contributed by atoms with E-state index in [-0.39, 0.29) is 61.5 Å². The van der Waals surface area contributed by atoms with Crippen LogP contribution >= 0.6 is 0 Å². The summed E-state index contributed by atoms with van der Waals surface area (Å²) in [6.45, 7) is 8.03. The number of likely N-dealkylation sites (tertiary alicyclic amines) is 2. The fourth-order valence-electron chi connectivity index (χ4n) is 7.49. The summed E-state index contributed by atoms with van der Waals surface area (Å²) >= 11 is 0. The van der Waals surface area contributed by atoms with Crippen molar-refractivity contribution in [3.8, 4) is 47.4 Å². The highest BCUT2D eigenvalue weighted by atomic mass is 16.5. The first kappa shape index (κ1) is 49.3. The minimum atomic E-state index is -1.09. The van der Waals surface area contributed by atoms with E-state index in [2.05, 4.69) is 76.2 Å². The molecule has 0 spiro atoms. The zero-order valence-corrected chi connectivity index (χ0v) is 38.5. The maximum Gasteiger partial charge on any atom is 0.341 e. The van der Waals surface area contributed by atoms with Gasteiger partial charge in [-0.25, -0.2) is 0 Å². The van der Waals surface area contributed by atoms with Crippen molar-refractivity contribution in [1.82, 2.24) is 71.5 Å². The average molecular weight is 923 g/mol. The van der Waals surface area contributed by atoms with E-state index in [9.17, 15) is 19.2 Å². The number of benzene rings is 2. The van der Waals surface area contributed by atoms with Crippen molar-refractivity contribution in [3.63, 3.8) is 0 Å². The Balaban J connectivity index is 1.07. The van der Waals surface area contributed by atoms with Crippen LogP contribution in [0.5, 0.6) is 23.5 Å². The van der Waals surface area contributed by atoms with Crippen LogP contribution in [0.1, 0.15) is 53.4 Å². The van der Waals surface area contributed by atoms with Crippen molar-refractivity contribution < 1.29 is 38.1 Å². The molecule has 2 aliphatic rings. The van der Waals surface area contributed by atoms with Crippen LogP contribution in [0, 0.1) is 23.9 Å². The van der Waals surface area contributed by atoms with Gasteiger partial charge in [-0.15, -0.1) is 0 Å². The Hall–Kier alpha value is -7.14. The number of carbonyl (C=O) groups excluding carboxylic acids is 4. The molecule has 67 heavy (non-hydrogen) atoms. The molecule has 4 aromatic rings. The van der Waals surface area contributed by atoms with Gasteiger partial charge in [0.15, 0.2) is 0 Å². The van der Waals surface area contributed by atoms with Crippen LogP contribution in [0.4, 0.5) is 0 Å². The van der Waals surface area contributed by atoms with Crippen LogP contribution in [-0.4, -0.2) is 156 Å². The molecule has 0 bridgehead atoms. The molecule has 2 aliphatic heterocycles. The summed E-state index contributed by atoms with van der Waals surface area (Å²) in [6.07, 6.45) is 3.71. The molecule has 2 saturated heterocycles. The Morgan fingerprint density at radius 3 is 1.60 bits per heavy atom. The second kappa shape index (κ2) is 24.4. The molecule has 4 amide bonds. The fourth-order valence-corrected chi connectivity index (χ4v) is 7.49. The predicted octanol–water partition coefficient (Wildman–Crippen LogP) is 0.886. The van der Waals surface area contributed by atoms with E-state index in [0.29, 0.717) is 37.4 Å². The first-order valence-electron chi connectivity index (χ1n) is 22.3. The molecule has 0 saturated carbocycles. The van der Waals surface area contributed by atoms with Gasteiger partial charge in [-0.2, -0.15) is 9.36 Å². The summed E-state index contributed by atoms with van der Waals surface area (Å²) in [5, 5.41) is 35.3. The van der Waals surface area contributed by atoms with E-state index < -0.39 is 42.3 Å². The molecule has 4 N–H and O–H groups in total. The molecule has 356 valence electrons. The van der Waals surface area contributed by atoms with Crippen LogP contribution in [-0.2, 0) is 41.7 Å². The summed E-state index contributed by atoms with van der Waals surface area (Å²) in [5.74, 6) is 7.79. The third-order valence-electron chi connectivity index (χ3n) is 11.6. The van der Waals surface area contributed by atoms with E-state index in [1.54, 1.807) is 75.9 Å². The largest absolute Gasteiger partial charge is 0.440 e. The molecule has 6 rings (SSSR count). The maximum absolute atomic E-state index is 14.2. The van der Waals surface area contributed by atoms with Gasteiger partial charge in [0.05, 0.1) is 43.4 Å². The number of nitrogens with one attached hydrogen (secondary N) is 4. The molecule has 8 atom stereocenters. The van der Waals surface area contributed by atoms with E-state index >= 15 is 0 Å². The Morgan fingerprint density at radius 2 is 1.13 bits per heavy atom. The summed E-state index contributed by atoms with van der Waals surface area (Å²) in [5.41, 5.74) is 0. The normalized spacial score (nSPS) is 18.2. The van der Waals surface area contributed by atoms with E-state index in [1.807, 2.05) is 36.4 Å². The standard InChI is InChI=1S/C45H58N14O8/c1-30(46-5)40(60)48-38(42(62)56-24-16-18-34(56)28-58-44(50-52-54-58)66-36-20-10-7-11-21-36)32(3)64-26-14-9-15-27-65-33(4)39(49-41(61)31(2)47-6)43(63)57-25-17-19-35(57)29-59-45(51-53-55-59)67-37-22-12-8-13-23-37/h7-8,10-13,20-23,30-35,38-39,46-47H,16-19,24-26,28-29H2,1-6H3,(H,48,60)(H,49,61)/t30-,31-,32+,33+,34-,35-,38-,39-/m0/s1. The quantitative estimate of drug-likeness (QED) is 0.0848. The molecule has 0 unspecified atom stereocenters. The minimum Gasteiger partial charge on any atom is -0.440 e. The van der Waals surface area contributed by atoms with Gasteiger partial charge in [0.25, 0.3) is 0 Å². The fraction of sp³-hybridized carbons (Fsp3) is 0.511. The van der Waals surface area contributed by atoms with Crippen molar-refractivity contribution in [2.45, 2.75) is 115 Å². The zero-order chi connectivity index (χ0) is 47.7. The highest BCUT2D eigenvalue weighted by Crippen LogP contribution is 2.26. The number of amides is 4. The van der Waals surface area contributed by atoms with Crippen LogP contribution < -0.4 is 30.7 Å². The maximum atomic E-state index is 14.2. The van der Waals surface area contributed by atoms with E-state index in [1.165, 1.54) is 9.36 Å². The lowest BCUT2D eigenvalue weighted by Crippen LogP contribution is -2.58. The number of hydrogen-bond acceptors (Lipinski definition) is 16. The van der Waals surface area contributed by atoms with Gasteiger partial charge < -0.3 is 50.0 Å². The van der Waals surface area contributed by atoms with Crippen molar-refractivity contribution in [3.05, 3.63) is 60.7 Å². The smallest absolute Gasteiger partial charge is 0.341 e. The highest BCUT2D eigenvalue weighted by molar-refractivity contribution is 5.91. The molecule has 0 radical (unpaired) electrons. The summed E-state index contributed by atoms with van der Waals surface area (Å²) in [4.78, 5) is 58.1. The molecular weight excluding hydrogens is 865 g/mol. The number of nitrogens with zero attached hydrogens (tertiary/aromatic N) is 10. The van der Waals surface area contributed by atoms with Gasteiger partial charge in [0.1, 0.15) is 42.4 Å². The summed E-state index contributed by atoms with van der Waals surface area (Å²) in [6, 6.07) is 14.7. The Bertz CT molecular complexity index is 2380. The SMILES string of the molecule is CN[C@@H](C)C(=O)N[C@H](C(=O)N1CCC[C@H]1Cn1nnnc1Oc1ccccc1)[C@@H](C)OC#CC#CCO[C@H](C)[C@H](NC(=O)[C@H](C)NC)C(=O)N1CCC[C@H]1Cn1nnnc1Oc1ccccc1.